The van der Waals surface area contributed by atoms with E-state index in [1.807, 2.05) is 24.3 Å². The third-order valence-corrected chi connectivity index (χ3v) is 7.07. The van der Waals surface area contributed by atoms with Crippen LogP contribution in [0.3, 0.4) is 0 Å². The van der Waals surface area contributed by atoms with Crippen LogP contribution in [-0.4, -0.2) is 24.8 Å². The maximum atomic E-state index is 10.1. The monoisotopic (exact) mass is 365 g/mol. The maximum Gasteiger partial charge on any atom is 0.118 e. The molecule has 1 saturated carbocycles. The predicted octanol–water partition coefficient (Wildman–Crippen LogP) is 4.46. The largest absolute Gasteiger partial charge is 0.508 e. The highest BCUT2D eigenvalue weighted by Crippen LogP contribution is 2.51. The Balaban J connectivity index is 1.52. The van der Waals surface area contributed by atoms with Crippen LogP contribution >= 0.6 is 0 Å². The van der Waals surface area contributed by atoms with Gasteiger partial charge in [-0.25, -0.2) is 0 Å². The number of nitrogens with one attached hydrogen (secondary N) is 1. The number of phenols is 1. The Bertz CT molecular complexity index is 801. The van der Waals surface area contributed by atoms with Gasteiger partial charge in [0.15, 0.2) is 0 Å². The van der Waals surface area contributed by atoms with Gasteiger partial charge in [0.05, 0.1) is 7.11 Å². The molecule has 0 aromatic heterocycles. The van der Waals surface area contributed by atoms with Crippen molar-refractivity contribution in [3.8, 4) is 11.5 Å². The fourth-order valence-electron chi connectivity index (χ4n) is 5.39. The molecule has 2 aliphatic rings. The number of aromatic hydroxyl groups is 1. The van der Waals surface area contributed by atoms with Gasteiger partial charge in [0.1, 0.15) is 11.5 Å². The van der Waals surface area contributed by atoms with Gasteiger partial charge in [-0.15, -0.1) is 0 Å². The molecule has 0 spiro atoms. The summed E-state index contributed by atoms with van der Waals surface area (Å²) in [4.78, 5) is 0. The van der Waals surface area contributed by atoms with Gasteiger partial charge < -0.3 is 15.2 Å². The second-order valence-electron chi connectivity index (χ2n) is 8.67. The molecular formula is C24H31NO2. The van der Waals surface area contributed by atoms with Gasteiger partial charge in [0.2, 0.25) is 0 Å². The molecule has 0 amide bonds. The van der Waals surface area contributed by atoms with Crippen molar-refractivity contribution in [1.82, 2.24) is 5.32 Å². The second kappa shape index (κ2) is 7.20. The van der Waals surface area contributed by atoms with Gasteiger partial charge in [-0.1, -0.05) is 32.0 Å². The normalized spacial score (nSPS) is 29.2. The summed E-state index contributed by atoms with van der Waals surface area (Å²) in [5.74, 6) is 2.70. The number of fused-ring (bicyclic) bond motifs is 4. The Morgan fingerprint density at radius 3 is 2.70 bits per heavy atom. The highest BCUT2D eigenvalue weighted by atomic mass is 16.5. The average Bonchev–Trinajstić information content (AvgIpc) is 2.68. The molecule has 2 aromatic carbocycles. The molecule has 27 heavy (non-hydrogen) atoms. The standard InChI is InChI=1S/C24H31NO2/c1-16-10-12-24(2)22-15-19(26)7-6-18(22)14-21(16)23(24)25-13-11-17-4-8-20(27-3)9-5-17/h4-9,15-16,21,23,25-26H,10-14H2,1-3H3/t16?,21-,23-,24-/m0/s1. The van der Waals surface area contributed by atoms with E-state index in [1.165, 1.54) is 29.5 Å². The van der Waals surface area contributed by atoms with Gasteiger partial charge in [-0.05, 0) is 85.0 Å². The predicted molar refractivity (Wildman–Crippen MR) is 110 cm³/mol. The van der Waals surface area contributed by atoms with E-state index in [0.717, 1.165) is 31.1 Å². The SMILES string of the molecule is COc1ccc(CCN[C@H]2[C@H]3Cc4ccc(O)cc4[C@]2(C)CCC3C)cc1. The van der Waals surface area contributed by atoms with Crippen LogP contribution in [-0.2, 0) is 18.3 Å². The van der Waals surface area contributed by atoms with E-state index in [9.17, 15) is 5.11 Å². The van der Waals surface area contributed by atoms with Crippen LogP contribution in [0.15, 0.2) is 42.5 Å². The molecule has 0 radical (unpaired) electrons. The van der Waals surface area contributed by atoms with Gasteiger partial charge in [-0.2, -0.15) is 0 Å². The number of hydrogen-bond acceptors (Lipinski definition) is 3. The van der Waals surface area contributed by atoms with E-state index in [0.29, 0.717) is 17.7 Å². The van der Waals surface area contributed by atoms with Crippen molar-refractivity contribution < 1.29 is 9.84 Å². The Hall–Kier alpha value is -2.00. The van der Waals surface area contributed by atoms with Gasteiger partial charge in [0, 0.05) is 11.5 Å². The smallest absolute Gasteiger partial charge is 0.118 e. The summed E-state index contributed by atoms with van der Waals surface area (Å²) in [6.45, 7) is 5.78. The van der Waals surface area contributed by atoms with Crippen LogP contribution in [0.2, 0.25) is 0 Å². The molecule has 0 heterocycles. The highest BCUT2D eigenvalue weighted by Gasteiger charge is 2.49. The number of ether oxygens (including phenoxy) is 1. The lowest BCUT2D eigenvalue weighted by Crippen LogP contribution is -2.59. The fourth-order valence-corrected chi connectivity index (χ4v) is 5.39. The van der Waals surface area contributed by atoms with Gasteiger partial charge in [0.25, 0.3) is 0 Å². The molecular weight excluding hydrogens is 334 g/mol. The average molecular weight is 366 g/mol. The van der Waals surface area contributed by atoms with Crippen molar-refractivity contribution in [1.29, 1.82) is 0 Å². The molecule has 3 nitrogen and oxygen atoms in total. The first-order chi connectivity index (χ1) is 13.0. The summed E-state index contributed by atoms with van der Waals surface area (Å²) in [7, 11) is 1.70. The van der Waals surface area contributed by atoms with Crippen LogP contribution in [0.1, 0.15) is 43.4 Å². The Labute approximate surface area is 162 Å². The zero-order valence-corrected chi connectivity index (χ0v) is 16.7. The molecule has 2 N–H and O–H groups in total. The van der Waals surface area contributed by atoms with Crippen LogP contribution in [0.4, 0.5) is 0 Å². The zero-order chi connectivity index (χ0) is 19.0. The second-order valence-corrected chi connectivity index (χ2v) is 8.67. The maximum absolute atomic E-state index is 10.1. The topological polar surface area (TPSA) is 41.5 Å². The van der Waals surface area contributed by atoms with Crippen LogP contribution in [0.25, 0.3) is 0 Å². The molecule has 1 fully saturated rings. The highest BCUT2D eigenvalue weighted by molar-refractivity contribution is 5.44. The summed E-state index contributed by atoms with van der Waals surface area (Å²) < 4.78 is 5.25. The van der Waals surface area contributed by atoms with Crippen LogP contribution in [0.5, 0.6) is 11.5 Å². The number of hydrogen-bond donors (Lipinski definition) is 2. The van der Waals surface area contributed by atoms with E-state index in [-0.39, 0.29) is 5.41 Å². The summed E-state index contributed by atoms with van der Waals surface area (Å²) in [6, 6.07) is 14.8. The molecule has 1 unspecified atom stereocenters. The number of methoxy groups -OCH3 is 1. The molecule has 3 heteroatoms. The van der Waals surface area contributed by atoms with E-state index in [1.54, 1.807) is 7.11 Å². The van der Waals surface area contributed by atoms with Crippen molar-refractivity contribution in [3.63, 3.8) is 0 Å². The van der Waals surface area contributed by atoms with Crippen molar-refractivity contribution in [2.45, 2.75) is 51.0 Å². The van der Waals surface area contributed by atoms with E-state index in [2.05, 4.69) is 37.4 Å². The zero-order valence-electron chi connectivity index (χ0n) is 16.7. The molecule has 0 saturated heterocycles. The lowest BCUT2D eigenvalue weighted by Gasteiger charge is -2.54. The van der Waals surface area contributed by atoms with Crippen molar-refractivity contribution in [2.75, 3.05) is 13.7 Å². The third-order valence-electron chi connectivity index (χ3n) is 7.07. The Morgan fingerprint density at radius 2 is 1.96 bits per heavy atom. The third kappa shape index (κ3) is 3.34. The molecule has 144 valence electrons. The van der Waals surface area contributed by atoms with E-state index in [4.69, 9.17) is 4.74 Å². The molecule has 2 aromatic rings. The number of rotatable bonds is 5. The minimum Gasteiger partial charge on any atom is -0.508 e. The molecule has 2 aliphatic carbocycles. The van der Waals surface area contributed by atoms with E-state index < -0.39 is 0 Å². The van der Waals surface area contributed by atoms with Gasteiger partial charge >= 0.3 is 0 Å². The molecule has 0 aliphatic heterocycles. The lowest BCUT2D eigenvalue weighted by atomic mass is 9.54. The van der Waals surface area contributed by atoms with Crippen LogP contribution < -0.4 is 10.1 Å². The van der Waals surface area contributed by atoms with Crippen LogP contribution in [0, 0.1) is 11.8 Å². The number of phenolic OH excluding ortho intramolecular Hbond substituents is 1. The summed E-state index contributed by atoms with van der Waals surface area (Å²) in [5, 5.41) is 14.0. The summed E-state index contributed by atoms with van der Waals surface area (Å²) in [6.07, 6.45) is 4.59. The van der Waals surface area contributed by atoms with Crippen molar-refractivity contribution in [2.24, 2.45) is 11.8 Å². The molecule has 4 rings (SSSR count). The van der Waals surface area contributed by atoms with Crippen molar-refractivity contribution in [3.05, 3.63) is 59.2 Å². The minimum absolute atomic E-state index is 0.101. The first-order valence-corrected chi connectivity index (χ1v) is 10.2. The Morgan fingerprint density at radius 1 is 1.19 bits per heavy atom. The van der Waals surface area contributed by atoms with Gasteiger partial charge in [-0.3, -0.25) is 0 Å². The van der Waals surface area contributed by atoms with Crippen molar-refractivity contribution >= 4 is 0 Å². The first-order valence-electron chi connectivity index (χ1n) is 10.2. The first kappa shape index (κ1) is 18.4. The van der Waals surface area contributed by atoms with E-state index >= 15 is 0 Å². The quantitative estimate of drug-likeness (QED) is 0.822. The fraction of sp³-hybridized carbons (Fsp3) is 0.500. The molecule has 4 atom stereocenters. The summed E-state index contributed by atoms with van der Waals surface area (Å²) in [5.41, 5.74) is 4.22. The molecule has 2 bridgehead atoms. The minimum atomic E-state index is 0.101. The lowest BCUT2D eigenvalue weighted by molar-refractivity contribution is 0.0933. The summed E-state index contributed by atoms with van der Waals surface area (Å²) >= 11 is 0. The number of benzene rings is 2. The Kier molecular flexibility index (Phi) is 4.90.